The number of rotatable bonds is 1. The van der Waals surface area contributed by atoms with Gasteiger partial charge in [-0.1, -0.05) is 0 Å². The molecule has 7 heteroatoms. The Morgan fingerprint density at radius 3 is 2.67 bits per heavy atom. The highest BCUT2D eigenvalue weighted by molar-refractivity contribution is 6.28. The predicted octanol–water partition coefficient (Wildman–Crippen LogP) is 0.324. The fourth-order valence-corrected chi connectivity index (χ4v) is 0.818. The molecule has 12 heavy (non-hydrogen) atoms. The fourth-order valence-electron chi connectivity index (χ4n) is 0.615. The second kappa shape index (κ2) is 3.31. The van der Waals surface area contributed by atoms with E-state index < -0.39 is 6.03 Å². The zero-order valence-corrected chi connectivity index (χ0v) is 6.96. The zero-order valence-electron chi connectivity index (χ0n) is 6.21. The van der Waals surface area contributed by atoms with Crippen molar-refractivity contribution >= 4 is 23.6 Å². The van der Waals surface area contributed by atoms with Crippen LogP contribution in [0.1, 0.15) is 5.82 Å². The Kier molecular flexibility index (Phi) is 2.39. The second-order valence-electron chi connectivity index (χ2n) is 1.96. The minimum absolute atomic E-state index is 0.0197. The van der Waals surface area contributed by atoms with Crippen molar-refractivity contribution in [3.63, 3.8) is 0 Å². The van der Waals surface area contributed by atoms with Gasteiger partial charge in [0.25, 0.3) is 0 Å². The van der Waals surface area contributed by atoms with E-state index >= 15 is 0 Å². The van der Waals surface area contributed by atoms with Crippen LogP contribution in [-0.2, 0) is 0 Å². The highest BCUT2D eigenvalue weighted by atomic mass is 35.5. The summed E-state index contributed by atoms with van der Waals surface area (Å²) >= 11 is 5.48. The number of aromatic nitrogens is 3. The molecule has 0 saturated carbocycles. The maximum atomic E-state index is 10.4. The number of amides is 2. The monoisotopic (exact) mass is 187 g/mol. The summed E-state index contributed by atoms with van der Waals surface area (Å²) in [5.74, 6) is 0.471. The SMILES string of the molecule is Cc1nc(Cl)nc(NC(N)=O)n1. The number of anilines is 1. The smallest absolute Gasteiger partial charge is 0.319 e. The molecular weight excluding hydrogens is 182 g/mol. The van der Waals surface area contributed by atoms with Gasteiger partial charge in [0.1, 0.15) is 5.82 Å². The molecule has 3 N–H and O–H groups in total. The third kappa shape index (κ3) is 2.31. The Morgan fingerprint density at radius 1 is 1.50 bits per heavy atom. The molecule has 64 valence electrons. The van der Waals surface area contributed by atoms with E-state index in [1.807, 2.05) is 0 Å². The average Bonchev–Trinajstić information content (AvgIpc) is 1.81. The Labute approximate surface area is 73.2 Å². The van der Waals surface area contributed by atoms with E-state index in [1.54, 1.807) is 6.92 Å². The molecule has 0 aliphatic heterocycles. The number of carbonyl (C=O) groups excluding carboxylic acids is 1. The van der Waals surface area contributed by atoms with Crippen molar-refractivity contribution in [2.75, 3.05) is 5.32 Å². The molecule has 0 fully saturated rings. The van der Waals surface area contributed by atoms with Crippen molar-refractivity contribution in [3.8, 4) is 0 Å². The largest absolute Gasteiger partial charge is 0.351 e. The first-order chi connectivity index (χ1) is 5.58. The van der Waals surface area contributed by atoms with Crippen LogP contribution in [0, 0.1) is 6.92 Å². The predicted molar refractivity (Wildman–Crippen MR) is 42.8 cm³/mol. The minimum atomic E-state index is -0.739. The topological polar surface area (TPSA) is 93.8 Å². The van der Waals surface area contributed by atoms with Crippen LogP contribution in [-0.4, -0.2) is 21.0 Å². The van der Waals surface area contributed by atoms with Crippen molar-refractivity contribution < 1.29 is 4.79 Å². The van der Waals surface area contributed by atoms with Crippen LogP contribution < -0.4 is 11.1 Å². The first kappa shape index (κ1) is 8.66. The van der Waals surface area contributed by atoms with Crippen molar-refractivity contribution in [2.45, 2.75) is 6.92 Å². The molecule has 0 unspecified atom stereocenters. The van der Waals surface area contributed by atoms with Gasteiger partial charge >= 0.3 is 6.03 Å². The van der Waals surface area contributed by atoms with Crippen LogP contribution in [0.2, 0.25) is 5.28 Å². The van der Waals surface area contributed by atoms with Crippen molar-refractivity contribution in [1.29, 1.82) is 0 Å². The molecule has 1 aromatic heterocycles. The van der Waals surface area contributed by atoms with Gasteiger partial charge in [-0.05, 0) is 18.5 Å². The maximum absolute atomic E-state index is 10.4. The number of primary amides is 1. The molecule has 2 amide bonds. The molecule has 0 aliphatic carbocycles. The van der Waals surface area contributed by atoms with Crippen LogP contribution in [0.5, 0.6) is 0 Å². The number of urea groups is 1. The zero-order chi connectivity index (χ0) is 9.14. The maximum Gasteiger partial charge on any atom is 0.319 e. The van der Waals surface area contributed by atoms with Gasteiger partial charge in [-0.15, -0.1) is 0 Å². The Hall–Kier alpha value is -1.43. The lowest BCUT2D eigenvalue weighted by atomic mass is 10.7. The third-order valence-electron chi connectivity index (χ3n) is 0.955. The summed E-state index contributed by atoms with van der Waals surface area (Å²) in [5.41, 5.74) is 4.83. The number of carbonyl (C=O) groups is 1. The number of aryl methyl sites for hydroxylation is 1. The lowest BCUT2D eigenvalue weighted by Crippen LogP contribution is -2.21. The second-order valence-corrected chi connectivity index (χ2v) is 2.30. The van der Waals surface area contributed by atoms with Gasteiger partial charge in [0.2, 0.25) is 11.2 Å². The summed E-state index contributed by atoms with van der Waals surface area (Å²) in [6.07, 6.45) is 0. The summed E-state index contributed by atoms with van der Waals surface area (Å²) in [5, 5.41) is 2.20. The quantitative estimate of drug-likeness (QED) is 0.662. The lowest BCUT2D eigenvalue weighted by molar-refractivity contribution is 0.259. The molecule has 0 radical (unpaired) electrons. The van der Waals surface area contributed by atoms with E-state index in [0.29, 0.717) is 5.82 Å². The standard InChI is InChI=1S/C5H6ClN5O/c1-2-8-3(6)10-5(9-2)11-4(7)12/h1H3,(H3,7,8,9,10,11,12). The van der Waals surface area contributed by atoms with Gasteiger partial charge in [0, 0.05) is 0 Å². The van der Waals surface area contributed by atoms with E-state index in [9.17, 15) is 4.79 Å². The number of hydrogen-bond donors (Lipinski definition) is 2. The number of halogens is 1. The van der Waals surface area contributed by atoms with E-state index in [2.05, 4.69) is 20.3 Å². The van der Waals surface area contributed by atoms with Gasteiger partial charge in [-0.2, -0.15) is 9.97 Å². The van der Waals surface area contributed by atoms with Gasteiger partial charge in [0.05, 0.1) is 0 Å². The minimum Gasteiger partial charge on any atom is -0.351 e. The normalized spacial score (nSPS) is 9.50. The molecule has 0 spiro atoms. The van der Waals surface area contributed by atoms with Crippen molar-refractivity contribution in [1.82, 2.24) is 15.0 Å². The number of nitrogens with zero attached hydrogens (tertiary/aromatic N) is 3. The molecule has 0 aliphatic rings. The summed E-state index contributed by atoms with van der Waals surface area (Å²) in [6.45, 7) is 1.62. The molecular formula is C5H6ClN5O. The van der Waals surface area contributed by atoms with Gasteiger partial charge < -0.3 is 5.73 Å². The molecule has 1 aromatic rings. The van der Waals surface area contributed by atoms with Crippen LogP contribution in [0.15, 0.2) is 0 Å². The van der Waals surface area contributed by atoms with Crippen molar-refractivity contribution in [2.24, 2.45) is 5.73 Å². The fraction of sp³-hybridized carbons (Fsp3) is 0.200. The number of nitrogens with one attached hydrogen (secondary N) is 1. The number of hydrogen-bond acceptors (Lipinski definition) is 4. The van der Waals surface area contributed by atoms with E-state index in [4.69, 9.17) is 17.3 Å². The third-order valence-corrected chi connectivity index (χ3v) is 1.12. The highest BCUT2D eigenvalue weighted by Crippen LogP contribution is 2.04. The molecule has 1 heterocycles. The summed E-state index contributed by atoms with van der Waals surface area (Å²) in [6, 6.07) is -0.739. The van der Waals surface area contributed by atoms with Crippen molar-refractivity contribution in [3.05, 3.63) is 11.1 Å². The molecule has 0 aromatic carbocycles. The van der Waals surface area contributed by atoms with Gasteiger partial charge in [-0.25, -0.2) is 9.78 Å². The molecule has 0 saturated heterocycles. The molecule has 0 atom stereocenters. The highest BCUT2D eigenvalue weighted by Gasteiger charge is 2.02. The first-order valence-corrected chi connectivity index (χ1v) is 3.40. The van der Waals surface area contributed by atoms with Crippen LogP contribution in [0.4, 0.5) is 10.7 Å². The van der Waals surface area contributed by atoms with E-state index in [1.165, 1.54) is 0 Å². The first-order valence-electron chi connectivity index (χ1n) is 3.02. The Balaban J connectivity index is 2.93. The van der Waals surface area contributed by atoms with Crippen LogP contribution in [0.25, 0.3) is 0 Å². The van der Waals surface area contributed by atoms with E-state index in [0.717, 1.165) is 0 Å². The number of nitrogens with two attached hydrogens (primary N) is 1. The summed E-state index contributed by atoms with van der Waals surface area (Å²) in [4.78, 5) is 21.4. The molecule has 6 nitrogen and oxygen atoms in total. The van der Waals surface area contributed by atoms with Crippen LogP contribution >= 0.6 is 11.6 Å². The molecule has 0 bridgehead atoms. The Bertz CT molecular complexity index is 294. The lowest BCUT2D eigenvalue weighted by Gasteiger charge is -1.99. The summed E-state index contributed by atoms with van der Waals surface area (Å²) in [7, 11) is 0. The van der Waals surface area contributed by atoms with Gasteiger partial charge in [-0.3, -0.25) is 5.32 Å². The summed E-state index contributed by atoms with van der Waals surface area (Å²) < 4.78 is 0. The average molecular weight is 188 g/mol. The van der Waals surface area contributed by atoms with Gasteiger partial charge in [0.15, 0.2) is 0 Å². The Morgan fingerprint density at radius 2 is 2.17 bits per heavy atom. The molecule has 1 rings (SSSR count). The van der Waals surface area contributed by atoms with Crippen LogP contribution in [0.3, 0.4) is 0 Å². The van der Waals surface area contributed by atoms with E-state index in [-0.39, 0.29) is 11.2 Å².